The fourth-order valence-corrected chi connectivity index (χ4v) is 2.02. The molecule has 1 aromatic heterocycles. The molecule has 0 aliphatic carbocycles. The average molecular weight is 284 g/mol. The van der Waals surface area contributed by atoms with Crippen LogP contribution >= 0.6 is 15.9 Å². The van der Waals surface area contributed by atoms with Crippen molar-refractivity contribution in [1.29, 1.82) is 0 Å². The summed E-state index contributed by atoms with van der Waals surface area (Å²) in [5.74, 6) is -0.301. The minimum absolute atomic E-state index is 0.252. The van der Waals surface area contributed by atoms with Crippen molar-refractivity contribution >= 4 is 26.0 Å². The molecule has 6 nitrogen and oxygen atoms in total. The maximum absolute atomic E-state index is 11.2. The molecule has 80 valence electrons. The molecule has 0 radical (unpaired) electrons. The van der Waals surface area contributed by atoms with Crippen molar-refractivity contribution in [3.05, 3.63) is 16.4 Å². The predicted molar refractivity (Wildman–Crippen MR) is 53.8 cm³/mol. The van der Waals surface area contributed by atoms with E-state index in [1.165, 1.54) is 11.7 Å². The number of halogens is 1. The van der Waals surface area contributed by atoms with Crippen molar-refractivity contribution in [3.8, 4) is 0 Å². The summed E-state index contributed by atoms with van der Waals surface area (Å²) in [6, 6.07) is 1.56. The molecular weight excluding hydrogens is 274 g/mol. The van der Waals surface area contributed by atoms with E-state index in [1.54, 1.807) is 6.07 Å². The Morgan fingerprint density at radius 2 is 2.36 bits per heavy atom. The van der Waals surface area contributed by atoms with Crippen molar-refractivity contribution in [1.82, 2.24) is 14.5 Å². The second-order valence-corrected chi connectivity index (χ2v) is 5.27. The van der Waals surface area contributed by atoms with Gasteiger partial charge in [0.1, 0.15) is 4.60 Å². The average Bonchev–Trinajstić information content (AvgIpc) is 2.45. The number of hydrogen-bond donors (Lipinski definition) is 2. The number of sulfonamides is 1. The van der Waals surface area contributed by atoms with E-state index in [4.69, 9.17) is 5.11 Å². The summed E-state index contributed by atoms with van der Waals surface area (Å²) >= 11 is 3.09. The van der Waals surface area contributed by atoms with Crippen LogP contribution in [0.3, 0.4) is 0 Å². The maximum Gasteiger partial charge on any atom is 0.231 e. The molecule has 8 heteroatoms. The molecule has 0 fully saturated rings. The summed E-state index contributed by atoms with van der Waals surface area (Å²) in [6.45, 7) is -0.252. The Kier molecular flexibility index (Phi) is 3.65. The Bertz CT molecular complexity index is 414. The quantitative estimate of drug-likeness (QED) is 0.791. The largest absolute Gasteiger partial charge is 0.390 e. The number of hydrogen-bond acceptors (Lipinski definition) is 4. The Labute approximate surface area is 90.1 Å². The Hall–Kier alpha value is -0.440. The van der Waals surface area contributed by atoms with Crippen molar-refractivity contribution in [2.45, 2.75) is 12.5 Å². The van der Waals surface area contributed by atoms with Gasteiger partial charge in [0, 0.05) is 0 Å². The summed E-state index contributed by atoms with van der Waals surface area (Å²) in [4.78, 5) is 0. The monoisotopic (exact) mass is 283 g/mol. The molecule has 0 aliphatic heterocycles. The van der Waals surface area contributed by atoms with Gasteiger partial charge in [-0.15, -0.1) is 0 Å². The number of nitrogens with one attached hydrogen (secondary N) is 1. The van der Waals surface area contributed by atoms with Gasteiger partial charge < -0.3 is 5.11 Å². The fraction of sp³-hybridized carbons (Fsp3) is 0.500. The standard InChI is InChI=1S/C6H10BrN3O3S/c1-8-14(12,13)4-10-5(3-11)2-6(7)9-10/h2,8,11H,3-4H2,1H3. The van der Waals surface area contributed by atoms with E-state index in [9.17, 15) is 8.42 Å². The van der Waals surface area contributed by atoms with Crippen molar-refractivity contribution in [3.63, 3.8) is 0 Å². The molecule has 0 unspecified atom stereocenters. The number of rotatable bonds is 4. The van der Waals surface area contributed by atoms with Crippen molar-refractivity contribution in [2.24, 2.45) is 0 Å². The predicted octanol–water partition coefficient (Wildman–Crippen LogP) is -0.355. The van der Waals surface area contributed by atoms with E-state index in [0.717, 1.165) is 0 Å². The second kappa shape index (κ2) is 4.39. The lowest BCUT2D eigenvalue weighted by molar-refractivity contribution is 0.270. The zero-order valence-corrected chi connectivity index (χ0v) is 9.84. The van der Waals surface area contributed by atoms with E-state index in [0.29, 0.717) is 10.3 Å². The van der Waals surface area contributed by atoms with Crippen LogP contribution in [-0.4, -0.2) is 30.4 Å². The van der Waals surface area contributed by atoms with E-state index >= 15 is 0 Å². The molecular formula is C6H10BrN3O3S. The molecule has 1 heterocycles. The molecule has 0 amide bonds. The summed E-state index contributed by atoms with van der Waals surface area (Å²) in [7, 11) is -2.05. The highest BCUT2D eigenvalue weighted by molar-refractivity contribution is 9.10. The molecule has 1 rings (SSSR count). The number of aliphatic hydroxyl groups is 1. The van der Waals surface area contributed by atoms with Crippen molar-refractivity contribution < 1.29 is 13.5 Å². The lowest BCUT2D eigenvalue weighted by atomic mass is 10.5. The van der Waals surface area contributed by atoms with Gasteiger partial charge in [-0.3, -0.25) is 0 Å². The van der Waals surface area contributed by atoms with Gasteiger partial charge in [0.2, 0.25) is 10.0 Å². The van der Waals surface area contributed by atoms with Crippen molar-refractivity contribution in [2.75, 3.05) is 7.05 Å². The molecule has 0 saturated heterocycles. The molecule has 14 heavy (non-hydrogen) atoms. The summed E-state index contributed by atoms with van der Waals surface area (Å²) < 4.78 is 26.2. The smallest absolute Gasteiger partial charge is 0.231 e. The first-order valence-electron chi connectivity index (χ1n) is 3.73. The van der Waals surface area contributed by atoms with Crippen LogP contribution in [0.2, 0.25) is 0 Å². The minimum atomic E-state index is -3.37. The van der Waals surface area contributed by atoms with Crippen LogP contribution in [0, 0.1) is 0 Å². The van der Waals surface area contributed by atoms with Crippen LogP contribution in [0.4, 0.5) is 0 Å². The zero-order chi connectivity index (χ0) is 10.8. The zero-order valence-electron chi connectivity index (χ0n) is 7.44. The summed E-state index contributed by atoms with van der Waals surface area (Å²) in [6.07, 6.45) is 0. The molecule has 0 spiro atoms. The lowest BCUT2D eigenvalue weighted by Gasteiger charge is -2.05. The molecule has 0 bridgehead atoms. The number of aliphatic hydroxyl groups excluding tert-OH is 1. The molecule has 0 aromatic carbocycles. The normalized spacial score (nSPS) is 11.9. The first kappa shape index (κ1) is 11.6. The van der Waals surface area contributed by atoms with Gasteiger partial charge in [-0.2, -0.15) is 5.10 Å². The van der Waals surface area contributed by atoms with Gasteiger partial charge in [-0.1, -0.05) is 0 Å². The number of aromatic nitrogens is 2. The van der Waals surface area contributed by atoms with Gasteiger partial charge >= 0.3 is 0 Å². The minimum Gasteiger partial charge on any atom is -0.390 e. The molecule has 0 atom stereocenters. The molecule has 1 aromatic rings. The third-order valence-electron chi connectivity index (χ3n) is 1.60. The van der Waals surface area contributed by atoms with E-state index < -0.39 is 10.0 Å². The maximum atomic E-state index is 11.2. The topological polar surface area (TPSA) is 84.2 Å². The van der Waals surface area contributed by atoms with Crippen LogP contribution in [0.15, 0.2) is 10.7 Å². The Balaban J connectivity index is 2.96. The third kappa shape index (κ3) is 2.77. The van der Waals surface area contributed by atoms with Crippen LogP contribution in [0.25, 0.3) is 0 Å². The Morgan fingerprint density at radius 3 is 2.86 bits per heavy atom. The van der Waals surface area contributed by atoms with Gasteiger partial charge in [-0.05, 0) is 29.0 Å². The lowest BCUT2D eigenvalue weighted by Crippen LogP contribution is -2.25. The first-order valence-corrected chi connectivity index (χ1v) is 6.17. The highest BCUT2D eigenvalue weighted by Gasteiger charge is 2.12. The Morgan fingerprint density at radius 1 is 1.71 bits per heavy atom. The van der Waals surface area contributed by atoms with E-state index in [1.807, 2.05) is 0 Å². The second-order valence-electron chi connectivity index (χ2n) is 2.56. The van der Waals surface area contributed by atoms with Gasteiger partial charge in [-0.25, -0.2) is 17.8 Å². The fourth-order valence-electron chi connectivity index (χ4n) is 0.885. The highest BCUT2D eigenvalue weighted by Crippen LogP contribution is 2.11. The first-order chi connectivity index (χ1) is 6.48. The number of nitrogens with zero attached hydrogens (tertiary/aromatic N) is 2. The van der Waals surface area contributed by atoms with E-state index in [2.05, 4.69) is 25.8 Å². The third-order valence-corrected chi connectivity index (χ3v) is 3.19. The molecule has 0 aliphatic rings. The van der Waals surface area contributed by atoms with Crippen LogP contribution in [0.5, 0.6) is 0 Å². The molecule has 0 saturated carbocycles. The van der Waals surface area contributed by atoms with Crippen LogP contribution < -0.4 is 4.72 Å². The summed E-state index contributed by atoms with van der Waals surface area (Å²) in [5.41, 5.74) is 0.440. The van der Waals surface area contributed by atoms with Crippen LogP contribution in [-0.2, 0) is 22.5 Å². The molecule has 2 N–H and O–H groups in total. The van der Waals surface area contributed by atoms with Gasteiger partial charge in [0.25, 0.3) is 0 Å². The van der Waals surface area contributed by atoms with E-state index in [-0.39, 0.29) is 12.5 Å². The summed E-state index contributed by atoms with van der Waals surface area (Å²) in [5, 5.41) is 12.8. The highest BCUT2D eigenvalue weighted by atomic mass is 79.9. The van der Waals surface area contributed by atoms with Gasteiger partial charge in [0.05, 0.1) is 12.3 Å². The van der Waals surface area contributed by atoms with Gasteiger partial charge in [0.15, 0.2) is 5.88 Å². The van der Waals surface area contributed by atoms with Crippen LogP contribution in [0.1, 0.15) is 5.69 Å². The SMILES string of the molecule is CNS(=O)(=O)Cn1nc(Br)cc1CO.